The van der Waals surface area contributed by atoms with E-state index in [0.29, 0.717) is 10.8 Å². The molecule has 0 saturated carbocycles. The van der Waals surface area contributed by atoms with Gasteiger partial charge >= 0.3 is 0 Å². The van der Waals surface area contributed by atoms with Crippen LogP contribution < -0.4 is 5.73 Å². The van der Waals surface area contributed by atoms with Gasteiger partial charge in [0, 0.05) is 0 Å². The number of nitrogens with zero attached hydrogens (tertiary/aromatic N) is 2. The van der Waals surface area contributed by atoms with Gasteiger partial charge in [0.15, 0.2) is 0 Å². The van der Waals surface area contributed by atoms with Crippen LogP contribution in [0.2, 0.25) is 5.02 Å². The predicted octanol–water partition coefficient (Wildman–Crippen LogP) is 3.22. The summed E-state index contributed by atoms with van der Waals surface area (Å²) in [5.74, 6) is 1.61. The van der Waals surface area contributed by atoms with E-state index < -0.39 is 0 Å². The highest BCUT2D eigenvalue weighted by atomic mass is 35.5. The van der Waals surface area contributed by atoms with Crippen LogP contribution >= 0.6 is 23.4 Å². The molecule has 3 nitrogen and oxygen atoms in total. The number of para-hydroxylation sites is 1. The van der Waals surface area contributed by atoms with Crippen LogP contribution in [0.15, 0.2) is 35.4 Å². The summed E-state index contributed by atoms with van der Waals surface area (Å²) < 4.78 is 1.67. The standard InChI is InChI=1S/C11H12ClN3S/c1-2-16-10-7-14-15(11(10)13)9-6-4-3-5-8(9)12/h3-7H,2,13H2,1H3. The van der Waals surface area contributed by atoms with Crippen LogP contribution in [0.4, 0.5) is 5.82 Å². The van der Waals surface area contributed by atoms with Gasteiger partial charge in [-0.05, 0) is 17.9 Å². The third-order valence-corrected chi connectivity index (χ3v) is 3.39. The minimum absolute atomic E-state index is 0.639. The summed E-state index contributed by atoms with van der Waals surface area (Å²) >= 11 is 7.77. The zero-order valence-corrected chi connectivity index (χ0v) is 10.4. The second-order valence-electron chi connectivity index (χ2n) is 3.19. The number of anilines is 1. The maximum absolute atomic E-state index is 6.09. The Hall–Kier alpha value is -1.13. The number of hydrogen-bond donors (Lipinski definition) is 1. The Balaban J connectivity index is 2.45. The summed E-state index contributed by atoms with van der Waals surface area (Å²) in [6.07, 6.45) is 1.77. The van der Waals surface area contributed by atoms with Crippen LogP contribution in [0.3, 0.4) is 0 Å². The quantitative estimate of drug-likeness (QED) is 0.855. The van der Waals surface area contributed by atoms with Crippen molar-refractivity contribution in [3.8, 4) is 5.69 Å². The number of benzene rings is 1. The van der Waals surface area contributed by atoms with Crippen molar-refractivity contribution in [3.63, 3.8) is 0 Å². The highest BCUT2D eigenvalue weighted by molar-refractivity contribution is 7.99. The van der Waals surface area contributed by atoms with Gasteiger partial charge in [0.25, 0.3) is 0 Å². The summed E-state index contributed by atoms with van der Waals surface area (Å²) in [7, 11) is 0. The molecule has 0 spiro atoms. The molecule has 0 aliphatic carbocycles. The molecule has 0 unspecified atom stereocenters. The average Bonchev–Trinajstić information content (AvgIpc) is 2.62. The first-order chi connectivity index (χ1) is 7.74. The molecule has 2 rings (SSSR count). The van der Waals surface area contributed by atoms with Crippen molar-refractivity contribution < 1.29 is 0 Å². The number of thioether (sulfide) groups is 1. The highest BCUT2D eigenvalue weighted by Crippen LogP contribution is 2.28. The van der Waals surface area contributed by atoms with Crippen molar-refractivity contribution in [1.29, 1.82) is 0 Å². The van der Waals surface area contributed by atoms with E-state index in [9.17, 15) is 0 Å². The minimum Gasteiger partial charge on any atom is -0.383 e. The van der Waals surface area contributed by atoms with E-state index >= 15 is 0 Å². The SMILES string of the molecule is CCSc1cnn(-c2ccccc2Cl)c1N. The molecule has 0 aliphatic heterocycles. The summed E-state index contributed by atoms with van der Waals surface area (Å²) in [6, 6.07) is 7.51. The van der Waals surface area contributed by atoms with Gasteiger partial charge in [-0.3, -0.25) is 0 Å². The van der Waals surface area contributed by atoms with E-state index in [1.165, 1.54) is 0 Å². The number of nitrogen functional groups attached to an aromatic ring is 1. The van der Waals surface area contributed by atoms with Gasteiger partial charge in [-0.2, -0.15) is 5.10 Å². The molecule has 0 aliphatic rings. The minimum atomic E-state index is 0.639. The smallest absolute Gasteiger partial charge is 0.141 e. The fourth-order valence-electron chi connectivity index (χ4n) is 1.43. The van der Waals surface area contributed by atoms with E-state index in [2.05, 4.69) is 12.0 Å². The highest BCUT2D eigenvalue weighted by Gasteiger charge is 2.10. The first-order valence-electron chi connectivity index (χ1n) is 4.95. The van der Waals surface area contributed by atoms with Crippen LogP contribution in [0, 0.1) is 0 Å². The normalized spacial score (nSPS) is 10.6. The fraction of sp³-hybridized carbons (Fsp3) is 0.182. The van der Waals surface area contributed by atoms with Gasteiger partial charge < -0.3 is 5.73 Å². The van der Waals surface area contributed by atoms with Gasteiger partial charge in [-0.1, -0.05) is 30.7 Å². The summed E-state index contributed by atoms with van der Waals surface area (Å²) in [6.45, 7) is 2.08. The molecule has 0 radical (unpaired) electrons. The van der Waals surface area contributed by atoms with Crippen molar-refractivity contribution in [2.24, 2.45) is 0 Å². The average molecular weight is 254 g/mol. The summed E-state index contributed by atoms with van der Waals surface area (Å²) in [4.78, 5) is 0.988. The zero-order valence-electron chi connectivity index (χ0n) is 8.85. The molecule has 2 aromatic rings. The molecule has 5 heteroatoms. The molecule has 0 bridgehead atoms. The predicted molar refractivity (Wildman–Crippen MR) is 69.4 cm³/mol. The Labute approximate surface area is 104 Å². The topological polar surface area (TPSA) is 43.8 Å². The number of aromatic nitrogens is 2. The van der Waals surface area contributed by atoms with Gasteiger partial charge in [0.2, 0.25) is 0 Å². The van der Waals surface area contributed by atoms with Crippen LogP contribution in [0.25, 0.3) is 5.69 Å². The van der Waals surface area contributed by atoms with E-state index in [1.54, 1.807) is 22.6 Å². The van der Waals surface area contributed by atoms with Crippen LogP contribution in [0.5, 0.6) is 0 Å². The third-order valence-electron chi connectivity index (χ3n) is 2.15. The van der Waals surface area contributed by atoms with E-state index in [0.717, 1.165) is 16.3 Å². The zero-order chi connectivity index (χ0) is 11.5. The second kappa shape index (κ2) is 4.80. The first-order valence-corrected chi connectivity index (χ1v) is 6.31. The number of hydrogen-bond acceptors (Lipinski definition) is 3. The monoisotopic (exact) mass is 253 g/mol. The molecule has 1 heterocycles. The molecule has 16 heavy (non-hydrogen) atoms. The van der Waals surface area contributed by atoms with Crippen molar-refractivity contribution in [3.05, 3.63) is 35.5 Å². The van der Waals surface area contributed by atoms with E-state index in [1.807, 2.05) is 24.3 Å². The van der Waals surface area contributed by atoms with Crippen molar-refractivity contribution in [2.75, 3.05) is 11.5 Å². The molecular formula is C11H12ClN3S. The molecule has 1 aromatic heterocycles. The third kappa shape index (κ3) is 2.03. The second-order valence-corrected chi connectivity index (χ2v) is 4.90. The van der Waals surface area contributed by atoms with Gasteiger partial charge in [0.1, 0.15) is 5.82 Å². The Morgan fingerprint density at radius 3 is 2.88 bits per heavy atom. The van der Waals surface area contributed by atoms with Gasteiger partial charge in [-0.15, -0.1) is 11.8 Å². The summed E-state index contributed by atoms with van der Waals surface area (Å²) in [5.41, 5.74) is 6.82. The van der Waals surface area contributed by atoms with Crippen molar-refractivity contribution >= 4 is 29.2 Å². The van der Waals surface area contributed by atoms with Crippen LogP contribution in [-0.4, -0.2) is 15.5 Å². The lowest BCUT2D eigenvalue weighted by Crippen LogP contribution is -2.02. The molecule has 1 aromatic carbocycles. The molecule has 0 amide bonds. The number of nitrogens with two attached hydrogens (primary N) is 1. The van der Waals surface area contributed by atoms with Gasteiger partial charge in [-0.25, -0.2) is 4.68 Å². The molecule has 2 N–H and O–H groups in total. The van der Waals surface area contributed by atoms with E-state index in [-0.39, 0.29) is 0 Å². The largest absolute Gasteiger partial charge is 0.383 e. The molecule has 84 valence electrons. The maximum Gasteiger partial charge on any atom is 0.141 e. The first kappa shape index (κ1) is 11.4. The van der Waals surface area contributed by atoms with Gasteiger partial charge in [0.05, 0.1) is 21.8 Å². The lowest BCUT2D eigenvalue weighted by Gasteiger charge is -2.06. The van der Waals surface area contributed by atoms with Crippen LogP contribution in [-0.2, 0) is 0 Å². The van der Waals surface area contributed by atoms with Crippen molar-refractivity contribution in [2.45, 2.75) is 11.8 Å². The Morgan fingerprint density at radius 2 is 2.19 bits per heavy atom. The molecular weight excluding hydrogens is 242 g/mol. The molecule has 0 fully saturated rings. The number of rotatable bonds is 3. The van der Waals surface area contributed by atoms with Crippen LogP contribution in [0.1, 0.15) is 6.92 Å². The van der Waals surface area contributed by atoms with Crippen molar-refractivity contribution in [1.82, 2.24) is 9.78 Å². The Kier molecular flexibility index (Phi) is 3.41. The molecule has 0 saturated heterocycles. The Bertz CT molecular complexity index is 496. The number of halogens is 1. The van der Waals surface area contributed by atoms with E-state index in [4.69, 9.17) is 17.3 Å². The summed E-state index contributed by atoms with van der Waals surface area (Å²) in [5, 5.41) is 4.90. The lowest BCUT2D eigenvalue weighted by atomic mass is 10.3. The maximum atomic E-state index is 6.09. The molecule has 0 atom stereocenters. The fourth-order valence-corrected chi connectivity index (χ4v) is 2.31. The Morgan fingerprint density at radius 1 is 1.44 bits per heavy atom. The lowest BCUT2D eigenvalue weighted by molar-refractivity contribution is 0.891.